The SMILES string of the molecule is COCCOC(=O)N1C(=O)C2(c3cc(C#CCC(C(=O)OC)C(=O)OC)ccc31)C(C(=O)N1CCc3cc(OC)c(OC)cc3C1)C1C(=O)OC(c3ccccc3)C(c3ccccc3)N1C2c1ccc(OCCO)cc1. The van der Waals surface area contributed by atoms with Crippen LogP contribution in [0.3, 0.4) is 0 Å². The van der Waals surface area contributed by atoms with E-state index in [2.05, 4.69) is 11.8 Å². The maximum Gasteiger partial charge on any atom is 0.421 e. The number of ether oxygens (including phenoxy) is 8. The molecule has 4 aliphatic rings. The van der Waals surface area contributed by atoms with Crippen LogP contribution in [0.2, 0.25) is 0 Å². The number of fused-ring (bicyclic) bond motifs is 4. The summed E-state index contributed by atoms with van der Waals surface area (Å²) < 4.78 is 44.5. The van der Waals surface area contributed by atoms with Crippen molar-refractivity contribution >= 4 is 41.5 Å². The second-order valence-electron chi connectivity index (χ2n) is 18.5. The van der Waals surface area contributed by atoms with Crippen molar-refractivity contribution in [2.75, 3.05) is 73.4 Å². The van der Waals surface area contributed by atoms with Gasteiger partial charge in [-0.3, -0.25) is 28.9 Å². The molecule has 1 spiro atoms. The lowest BCUT2D eigenvalue weighted by Gasteiger charge is -2.46. The summed E-state index contributed by atoms with van der Waals surface area (Å²) in [4.78, 5) is 93.5. The van der Waals surface area contributed by atoms with Gasteiger partial charge in [0.1, 0.15) is 36.5 Å². The lowest BCUT2D eigenvalue weighted by atomic mass is 9.64. The Kier molecular flexibility index (Phi) is 15.7. The number of hydrogen-bond acceptors (Lipinski definition) is 16. The van der Waals surface area contributed by atoms with Gasteiger partial charge in [0.25, 0.3) is 0 Å². The Morgan fingerprint density at radius 3 is 2.04 bits per heavy atom. The van der Waals surface area contributed by atoms with Gasteiger partial charge in [-0.2, -0.15) is 0 Å². The number of rotatable bonds is 15. The number of nitrogens with zero attached hydrogens (tertiary/aromatic N) is 3. The molecule has 0 radical (unpaired) electrons. The largest absolute Gasteiger partial charge is 0.493 e. The number of carbonyl (C=O) groups is 6. The topological polar surface area (TPSA) is 206 Å². The Bertz CT molecular complexity index is 3050. The van der Waals surface area contributed by atoms with E-state index in [1.54, 1.807) is 48.4 Å². The summed E-state index contributed by atoms with van der Waals surface area (Å²) in [6, 6.07) is 30.2. The average molecular weight is 1040 g/mol. The molecule has 2 saturated heterocycles. The molecule has 76 heavy (non-hydrogen) atoms. The van der Waals surface area contributed by atoms with Crippen LogP contribution in [0, 0.1) is 23.7 Å². The zero-order valence-corrected chi connectivity index (χ0v) is 42.6. The molecule has 3 amide bonds. The van der Waals surface area contributed by atoms with Crippen molar-refractivity contribution in [3.8, 4) is 29.1 Å². The van der Waals surface area contributed by atoms with Crippen LogP contribution >= 0.6 is 0 Å². The normalized spacial score (nSPS) is 21.4. The van der Waals surface area contributed by atoms with Gasteiger partial charge in [-0.1, -0.05) is 84.6 Å². The zero-order valence-electron chi connectivity index (χ0n) is 42.6. The first-order valence-corrected chi connectivity index (χ1v) is 24.7. The number of cyclic esters (lactones) is 1. The van der Waals surface area contributed by atoms with E-state index in [4.69, 9.17) is 37.9 Å². The molecular formula is C58H57N3O15. The number of aliphatic hydroxyl groups is 1. The highest BCUT2D eigenvalue weighted by molar-refractivity contribution is 6.23. The number of imide groups is 1. The van der Waals surface area contributed by atoms with Gasteiger partial charge in [0, 0.05) is 32.2 Å². The summed E-state index contributed by atoms with van der Waals surface area (Å²) >= 11 is 0. The quantitative estimate of drug-likeness (QED) is 0.0432. The number of methoxy groups -OCH3 is 5. The summed E-state index contributed by atoms with van der Waals surface area (Å²) in [6.45, 7) is -0.272. The lowest BCUT2D eigenvalue weighted by Crippen LogP contribution is -2.57. The standard InChI is InChI=1S/C58H57N3O15/c1-69-29-30-75-57(68)60-44-24-19-35(13-12-18-42(53(64)72-4)54(65)73-5)31-43(44)58(56(60)67)47(52(63)59-26-25-39-32-45(70-2)46(71-3)33-40(39)34-59)49-55(66)76-50(37-16-10-7-11-17-37)48(36-14-8-6-9-15-36)61(49)51(58)38-20-22-41(23-21-38)74-28-27-62/h6-11,14-17,19-24,31-33,42,47-51,62H,18,25-30,34H2,1-5H3. The Morgan fingerprint density at radius 1 is 0.750 bits per heavy atom. The van der Waals surface area contributed by atoms with Gasteiger partial charge in [-0.15, -0.1) is 0 Å². The van der Waals surface area contributed by atoms with E-state index >= 15 is 14.4 Å². The number of carbonyl (C=O) groups excluding carboxylic acids is 6. The molecule has 2 fully saturated rings. The summed E-state index contributed by atoms with van der Waals surface area (Å²) in [7, 11) is 6.78. The van der Waals surface area contributed by atoms with Gasteiger partial charge in [0.2, 0.25) is 11.8 Å². The first kappa shape index (κ1) is 52.6. The van der Waals surface area contributed by atoms with Crippen LogP contribution in [-0.2, 0) is 66.0 Å². The maximum atomic E-state index is 16.7. The summed E-state index contributed by atoms with van der Waals surface area (Å²) in [5.41, 5.74) is 1.81. The molecule has 1 N–H and O–H groups in total. The molecular weight excluding hydrogens is 979 g/mol. The highest BCUT2D eigenvalue weighted by atomic mass is 16.6. The van der Waals surface area contributed by atoms with Crippen molar-refractivity contribution in [3.63, 3.8) is 0 Å². The van der Waals surface area contributed by atoms with E-state index in [0.717, 1.165) is 30.2 Å². The van der Waals surface area contributed by atoms with Crippen LogP contribution in [0.4, 0.5) is 10.5 Å². The van der Waals surface area contributed by atoms with Crippen LogP contribution in [0.1, 0.15) is 63.6 Å². The van der Waals surface area contributed by atoms with Gasteiger partial charge in [-0.25, -0.2) is 9.69 Å². The predicted octanol–water partition coefficient (Wildman–Crippen LogP) is 5.81. The van der Waals surface area contributed by atoms with Gasteiger partial charge >= 0.3 is 24.0 Å². The molecule has 0 bridgehead atoms. The van der Waals surface area contributed by atoms with Gasteiger partial charge in [0.15, 0.2) is 17.4 Å². The third kappa shape index (κ3) is 9.46. The minimum absolute atomic E-state index is 0.00128. The molecule has 394 valence electrons. The van der Waals surface area contributed by atoms with Gasteiger partial charge in [-0.05, 0) is 82.3 Å². The average Bonchev–Trinajstić information content (AvgIpc) is 4.11. The molecule has 4 aliphatic heterocycles. The number of benzene rings is 5. The van der Waals surface area contributed by atoms with Crippen LogP contribution in [0.25, 0.3) is 0 Å². The number of anilines is 1. The highest BCUT2D eigenvalue weighted by Gasteiger charge is 2.76. The van der Waals surface area contributed by atoms with Crippen molar-refractivity contribution < 1.29 is 71.8 Å². The van der Waals surface area contributed by atoms with E-state index < -0.39 is 77.3 Å². The fourth-order valence-corrected chi connectivity index (χ4v) is 11.2. The Balaban J connectivity index is 1.34. The van der Waals surface area contributed by atoms with Crippen LogP contribution in [0.15, 0.2) is 115 Å². The molecule has 4 heterocycles. The molecule has 5 aromatic rings. The van der Waals surface area contributed by atoms with E-state index in [1.807, 2.05) is 77.7 Å². The second kappa shape index (κ2) is 22.7. The fourth-order valence-electron chi connectivity index (χ4n) is 11.2. The first-order chi connectivity index (χ1) is 36.9. The Morgan fingerprint density at radius 2 is 1.41 bits per heavy atom. The smallest absolute Gasteiger partial charge is 0.421 e. The first-order valence-electron chi connectivity index (χ1n) is 24.7. The number of hydrogen-bond donors (Lipinski definition) is 1. The molecule has 9 rings (SSSR count). The van der Waals surface area contributed by atoms with Crippen molar-refractivity contribution in [2.45, 2.75) is 49.0 Å². The predicted molar refractivity (Wildman–Crippen MR) is 272 cm³/mol. The van der Waals surface area contributed by atoms with Crippen LogP contribution in [0.5, 0.6) is 17.2 Å². The lowest BCUT2D eigenvalue weighted by molar-refractivity contribution is -0.179. The third-order valence-electron chi connectivity index (χ3n) is 14.5. The van der Waals surface area contributed by atoms with Crippen molar-refractivity contribution in [3.05, 3.63) is 154 Å². The summed E-state index contributed by atoms with van der Waals surface area (Å²) in [5, 5.41) is 9.67. The maximum absolute atomic E-state index is 16.7. The van der Waals surface area contributed by atoms with E-state index in [1.165, 1.54) is 20.3 Å². The zero-order chi connectivity index (χ0) is 53.7. The molecule has 0 aliphatic carbocycles. The van der Waals surface area contributed by atoms with Crippen molar-refractivity contribution in [1.82, 2.24) is 9.80 Å². The summed E-state index contributed by atoms with van der Waals surface area (Å²) in [6.07, 6.45) is -1.97. The molecule has 0 saturated carbocycles. The summed E-state index contributed by atoms with van der Waals surface area (Å²) in [5.74, 6) is 0.379. The van der Waals surface area contributed by atoms with Crippen molar-refractivity contribution in [1.29, 1.82) is 0 Å². The minimum Gasteiger partial charge on any atom is -0.493 e. The Labute approximate surface area is 439 Å². The van der Waals surface area contributed by atoms with Crippen LogP contribution < -0.4 is 19.1 Å². The van der Waals surface area contributed by atoms with E-state index in [9.17, 15) is 19.5 Å². The number of aliphatic hydroxyl groups excluding tert-OH is 1. The molecule has 5 aromatic carbocycles. The van der Waals surface area contributed by atoms with Crippen LogP contribution in [-0.4, -0.2) is 125 Å². The second-order valence-corrected chi connectivity index (χ2v) is 18.5. The van der Waals surface area contributed by atoms with E-state index in [0.29, 0.717) is 40.4 Å². The molecule has 6 atom stereocenters. The van der Waals surface area contributed by atoms with Crippen molar-refractivity contribution in [2.24, 2.45) is 11.8 Å². The fraction of sp³-hybridized carbons (Fsp3) is 0.345. The monoisotopic (exact) mass is 1040 g/mol. The number of morpholine rings is 1. The highest BCUT2D eigenvalue weighted by Crippen LogP contribution is 2.66. The van der Waals surface area contributed by atoms with Gasteiger partial charge in [0.05, 0.1) is 65.3 Å². The number of esters is 3. The molecule has 18 heteroatoms. The molecule has 0 aromatic heterocycles. The molecule has 18 nitrogen and oxygen atoms in total. The molecule has 6 unspecified atom stereocenters. The van der Waals surface area contributed by atoms with Gasteiger partial charge < -0.3 is 47.9 Å². The number of amides is 3. The Hall–Kier alpha value is -8.24. The van der Waals surface area contributed by atoms with E-state index in [-0.39, 0.29) is 62.8 Å². The minimum atomic E-state index is -2.17. The third-order valence-corrected chi connectivity index (χ3v) is 14.5.